The Morgan fingerprint density at radius 3 is 2.52 bits per heavy atom. The van der Waals surface area contributed by atoms with Gasteiger partial charge in [0.05, 0.1) is 7.11 Å². The molecule has 0 bridgehead atoms. The van der Waals surface area contributed by atoms with Gasteiger partial charge in [-0.05, 0) is 19.2 Å². The molecule has 2 heterocycles. The van der Waals surface area contributed by atoms with Crippen molar-refractivity contribution in [1.82, 2.24) is 14.4 Å². The van der Waals surface area contributed by atoms with Crippen molar-refractivity contribution < 1.29 is 9.53 Å². The molecule has 0 spiro atoms. The first-order chi connectivity index (χ1) is 13.0. The van der Waals surface area contributed by atoms with E-state index in [1.165, 1.54) is 6.07 Å². The maximum atomic E-state index is 12.5. The number of piperazine rings is 1. The lowest BCUT2D eigenvalue weighted by molar-refractivity contribution is -0.133. The molecule has 1 fully saturated rings. The van der Waals surface area contributed by atoms with Gasteiger partial charge in [-0.3, -0.25) is 19.0 Å². The van der Waals surface area contributed by atoms with Crippen LogP contribution in [-0.4, -0.2) is 60.6 Å². The molecule has 0 N–H and O–H groups in total. The van der Waals surface area contributed by atoms with E-state index in [-0.39, 0.29) is 23.7 Å². The summed E-state index contributed by atoms with van der Waals surface area (Å²) in [4.78, 5) is 41.4. The molecule has 0 unspecified atom stereocenters. The summed E-state index contributed by atoms with van der Waals surface area (Å²) in [5.41, 5.74) is 0.311. The van der Waals surface area contributed by atoms with Gasteiger partial charge in [0.2, 0.25) is 5.91 Å². The second-order valence-corrected chi connectivity index (χ2v) is 7.49. The number of benzene rings is 1. The number of nitrogens with zero attached hydrogens (tertiary/aromatic N) is 3. The summed E-state index contributed by atoms with van der Waals surface area (Å²) in [6.45, 7) is 3.15. The van der Waals surface area contributed by atoms with Gasteiger partial charge in [-0.15, -0.1) is 0 Å². The number of ether oxygens (including phenoxy) is 1. The third-order valence-electron chi connectivity index (χ3n) is 4.72. The topological polar surface area (TPSA) is 71.8 Å². The van der Waals surface area contributed by atoms with Gasteiger partial charge < -0.3 is 14.5 Å². The summed E-state index contributed by atoms with van der Waals surface area (Å²) in [7, 11) is 3.57. The van der Waals surface area contributed by atoms with E-state index in [1.807, 2.05) is 25.2 Å². The van der Waals surface area contributed by atoms with Gasteiger partial charge in [-0.1, -0.05) is 23.5 Å². The van der Waals surface area contributed by atoms with Gasteiger partial charge in [0, 0.05) is 55.7 Å². The van der Waals surface area contributed by atoms with Crippen LogP contribution in [0.15, 0.2) is 39.9 Å². The van der Waals surface area contributed by atoms with E-state index >= 15 is 0 Å². The molecule has 8 heteroatoms. The summed E-state index contributed by atoms with van der Waals surface area (Å²) < 4.78 is 6.44. The van der Waals surface area contributed by atoms with Crippen LogP contribution in [0.4, 0.5) is 0 Å². The summed E-state index contributed by atoms with van der Waals surface area (Å²) in [5, 5.41) is 0. The number of rotatable bonds is 5. The van der Waals surface area contributed by atoms with Crippen molar-refractivity contribution in [3.05, 3.63) is 50.4 Å². The predicted octanol–water partition coefficient (Wildman–Crippen LogP) is 1.11. The van der Waals surface area contributed by atoms with Crippen molar-refractivity contribution in [2.45, 2.75) is 13.0 Å². The zero-order chi connectivity index (χ0) is 19.4. The van der Waals surface area contributed by atoms with Crippen molar-refractivity contribution in [3.8, 4) is 16.2 Å². The summed E-state index contributed by atoms with van der Waals surface area (Å²) in [6, 6.07) is 8.69. The predicted molar refractivity (Wildman–Crippen MR) is 106 cm³/mol. The number of aromatic nitrogens is 1. The molecule has 1 amide bonds. The van der Waals surface area contributed by atoms with E-state index in [0.29, 0.717) is 29.3 Å². The number of hydrogen-bond donors (Lipinski definition) is 0. The van der Waals surface area contributed by atoms with Crippen LogP contribution in [0.25, 0.3) is 10.4 Å². The molecule has 0 atom stereocenters. The molecular weight excluding hydrogens is 366 g/mol. The molecule has 3 rings (SSSR count). The van der Waals surface area contributed by atoms with Gasteiger partial charge in [0.15, 0.2) is 0 Å². The molecule has 1 aromatic heterocycles. The minimum Gasteiger partial charge on any atom is -0.496 e. The van der Waals surface area contributed by atoms with Crippen LogP contribution in [0, 0.1) is 0 Å². The van der Waals surface area contributed by atoms with Crippen molar-refractivity contribution >= 4 is 17.2 Å². The Kier molecular flexibility index (Phi) is 6.08. The highest BCUT2D eigenvalue weighted by Crippen LogP contribution is 2.29. The van der Waals surface area contributed by atoms with Crippen LogP contribution in [0.2, 0.25) is 0 Å². The lowest BCUT2D eigenvalue weighted by Crippen LogP contribution is -2.47. The Morgan fingerprint density at radius 1 is 1.15 bits per heavy atom. The third-order valence-corrected chi connectivity index (χ3v) is 5.67. The Morgan fingerprint density at radius 2 is 1.85 bits per heavy atom. The van der Waals surface area contributed by atoms with Crippen LogP contribution in [0.1, 0.15) is 6.42 Å². The number of methoxy groups -OCH3 is 1. The summed E-state index contributed by atoms with van der Waals surface area (Å²) >= 11 is 0.984. The fourth-order valence-corrected chi connectivity index (χ4v) is 3.98. The molecule has 1 saturated heterocycles. The molecule has 1 aliphatic rings. The highest BCUT2D eigenvalue weighted by atomic mass is 32.1. The molecule has 1 aromatic carbocycles. The van der Waals surface area contributed by atoms with Crippen LogP contribution < -0.4 is 15.2 Å². The first-order valence-corrected chi connectivity index (χ1v) is 9.66. The molecule has 7 nitrogen and oxygen atoms in total. The second-order valence-electron chi connectivity index (χ2n) is 6.50. The van der Waals surface area contributed by atoms with E-state index in [9.17, 15) is 14.4 Å². The van der Waals surface area contributed by atoms with Crippen LogP contribution >= 0.6 is 11.3 Å². The monoisotopic (exact) mass is 389 g/mol. The molecular formula is C19H23N3O4S. The van der Waals surface area contributed by atoms with E-state index in [0.717, 1.165) is 29.0 Å². The average Bonchev–Trinajstić information content (AvgIpc) is 2.67. The van der Waals surface area contributed by atoms with E-state index in [2.05, 4.69) is 4.90 Å². The van der Waals surface area contributed by atoms with Crippen molar-refractivity contribution in [2.24, 2.45) is 0 Å². The first kappa shape index (κ1) is 19.3. The minimum atomic E-state index is -0.397. The molecule has 27 heavy (non-hydrogen) atoms. The normalized spacial score (nSPS) is 15.0. The van der Waals surface area contributed by atoms with Crippen molar-refractivity contribution in [1.29, 1.82) is 0 Å². The number of para-hydroxylation sites is 1. The molecule has 1 aliphatic heterocycles. The molecule has 0 aliphatic carbocycles. The van der Waals surface area contributed by atoms with E-state index < -0.39 is 5.56 Å². The van der Waals surface area contributed by atoms with Gasteiger partial charge in [-0.2, -0.15) is 0 Å². The van der Waals surface area contributed by atoms with Gasteiger partial charge in [0.1, 0.15) is 5.75 Å². The highest BCUT2D eigenvalue weighted by molar-refractivity contribution is 7.12. The van der Waals surface area contributed by atoms with Gasteiger partial charge >= 0.3 is 4.87 Å². The largest absolute Gasteiger partial charge is 0.496 e. The lowest BCUT2D eigenvalue weighted by Gasteiger charge is -2.32. The number of hydrogen-bond acceptors (Lipinski definition) is 6. The molecule has 0 radical (unpaired) electrons. The van der Waals surface area contributed by atoms with Crippen LogP contribution in [0.5, 0.6) is 5.75 Å². The van der Waals surface area contributed by atoms with Crippen LogP contribution in [-0.2, 0) is 11.3 Å². The maximum Gasteiger partial charge on any atom is 0.310 e. The Labute approximate surface area is 161 Å². The minimum absolute atomic E-state index is 0.0202. The highest BCUT2D eigenvalue weighted by Gasteiger charge is 2.19. The van der Waals surface area contributed by atoms with E-state index in [4.69, 9.17) is 4.74 Å². The maximum absolute atomic E-state index is 12.5. The molecule has 2 aromatic rings. The summed E-state index contributed by atoms with van der Waals surface area (Å²) in [5.74, 6) is 0.587. The van der Waals surface area contributed by atoms with E-state index in [1.54, 1.807) is 18.1 Å². The first-order valence-electron chi connectivity index (χ1n) is 8.84. The van der Waals surface area contributed by atoms with Crippen molar-refractivity contribution in [3.63, 3.8) is 0 Å². The molecule has 0 saturated carbocycles. The number of carbonyl (C=O) groups excluding carboxylic acids is 1. The Balaban J connectivity index is 1.75. The van der Waals surface area contributed by atoms with Gasteiger partial charge in [0.25, 0.3) is 5.56 Å². The standard InChI is InChI=1S/C19H23N3O4S/c1-20-9-11-21(12-10-20)17(23)7-8-22-18(24)13-16(27-19(22)25)14-5-3-4-6-15(14)26-2/h3-6,13H,7-12H2,1-2H3. The van der Waals surface area contributed by atoms with Crippen LogP contribution in [0.3, 0.4) is 0 Å². The average molecular weight is 389 g/mol. The fourth-order valence-electron chi connectivity index (χ4n) is 3.06. The number of carbonyl (C=O) groups is 1. The molecule has 144 valence electrons. The number of amides is 1. The van der Waals surface area contributed by atoms with Crippen molar-refractivity contribution in [2.75, 3.05) is 40.3 Å². The summed E-state index contributed by atoms with van der Waals surface area (Å²) in [6.07, 6.45) is 0.152. The second kappa shape index (κ2) is 8.49. The fraction of sp³-hybridized carbons (Fsp3) is 0.421. The zero-order valence-electron chi connectivity index (χ0n) is 15.5. The number of likely N-dealkylation sites (N-methyl/N-ethyl adjacent to an activating group) is 1. The SMILES string of the molecule is COc1ccccc1-c1cc(=O)n(CCC(=O)N2CCN(C)CC2)c(=O)s1. The smallest absolute Gasteiger partial charge is 0.310 e. The zero-order valence-corrected chi connectivity index (χ0v) is 16.3. The Bertz CT molecular complexity index is 898. The third kappa shape index (κ3) is 4.45. The Hall–Kier alpha value is -2.45. The quantitative estimate of drug-likeness (QED) is 0.766. The van der Waals surface area contributed by atoms with Gasteiger partial charge in [-0.25, -0.2) is 0 Å². The lowest BCUT2D eigenvalue weighted by atomic mass is 10.1.